The molecular weight excluding hydrogens is 704 g/mol. The van der Waals surface area contributed by atoms with Crippen LogP contribution in [0.2, 0.25) is 0 Å². The highest BCUT2D eigenvalue weighted by Gasteiger charge is 2.42. The van der Waals surface area contributed by atoms with Crippen LogP contribution in [0.25, 0.3) is 10.9 Å². The number of carbonyl (C=O) groups excluding carboxylic acids is 6. The zero-order valence-corrected chi connectivity index (χ0v) is 34.0. The topological polar surface area (TPSA) is 187 Å². The van der Waals surface area contributed by atoms with Crippen molar-refractivity contribution in [1.29, 1.82) is 0 Å². The van der Waals surface area contributed by atoms with E-state index in [4.69, 9.17) is 0 Å². The first kappa shape index (κ1) is 44.3. The minimum absolute atomic E-state index is 0.0207. The Kier molecular flexibility index (Phi) is 14.5. The first-order chi connectivity index (χ1) is 25.5. The molecule has 0 saturated heterocycles. The number of fused-ring (bicyclic) bond motifs is 1. The van der Waals surface area contributed by atoms with E-state index in [-0.39, 0.29) is 42.7 Å². The molecule has 0 fully saturated rings. The summed E-state index contributed by atoms with van der Waals surface area (Å²) in [4.78, 5) is 92.7. The molecule has 0 saturated carbocycles. The second-order valence-corrected chi connectivity index (χ2v) is 16.3. The number of aromatic nitrogens is 1. The Hall–Kier alpha value is -5.11. The third kappa shape index (κ3) is 10.6. The highest BCUT2D eigenvalue weighted by atomic mass is 16.4. The third-order valence-corrected chi connectivity index (χ3v) is 10.3. The van der Waals surface area contributed by atoms with Gasteiger partial charge in [0.1, 0.15) is 6.04 Å². The molecule has 1 aromatic heterocycles. The normalized spacial score (nSPS) is 15.9. The van der Waals surface area contributed by atoms with Crippen molar-refractivity contribution in [2.45, 2.75) is 104 Å². The van der Waals surface area contributed by atoms with Gasteiger partial charge in [0, 0.05) is 67.3 Å². The van der Waals surface area contributed by atoms with Gasteiger partial charge in [-0.25, -0.2) is 0 Å². The van der Waals surface area contributed by atoms with Gasteiger partial charge < -0.3 is 30.5 Å². The standard InChI is InChI=1S/C41H58N6O8/c1-24(2)30(21-25(3)37(53)43-28(22-34(51)52)31(48)17-14-20-47-32(49)18-19-33(47)50)46(11)39(55)36(40(4,5)6)44-38(54)35(42-9)41(7,8)27-23-45(10)29-16-13-12-15-26(27)29/h12-13,15-16,18-19,21,23-24,28,30,35-36,42H,14,17,20,22H2,1-11H3,(H,43,53)(H,44,54)(H,51,52)/b25-21+/t28-,30+,35+,36+/m0/s1. The van der Waals surface area contributed by atoms with Crippen molar-refractivity contribution in [3.8, 4) is 0 Å². The molecule has 0 radical (unpaired) electrons. The number of imide groups is 1. The van der Waals surface area contributed by atoms with Gasteiger partial charge in [0.05, 0.1) is 24.5 Å². The number of carboxylic acids is 1. The lowest BCUT2D eigenvalue weighted by Crippen LogP contribution is -2.61. The highest BCUT2D eigenvalue weighted by Crippen LogP contribution is 2.35. The molecule has 1 aliphatic rings. The van der Waals surface area contributed by atoms with E-state index in [2.05, 4.69) is 16.0 Å². The molecule has 0 aliphatic carbocycles. The van der Waals surface area contributed by atoms with E-state index < -0.39 is 70.9 Å². The minimum atomic E-state index is -1.35. The van der Waals surface area contributed by atoms with E-state index in [1.54, 1.807) is 20.2 Å². The van der Waals surface area contributed by atoms with Gasteiger partial charge in [0.15, 0.2) is 5.78 Å². The summed E-state index contributed by atoms with van der Waals surface area (Å²) in [6.07, 6.45) is 5.16. The summed E-state index contributed by atoms with van der Waals surface area (Å²) < 4.78 is 2.03. The molecule has 55 heavy (non-hydrogen) atoms. The molecule has 1 aliphatic heterocycles. The van der Waals surface area contributed by atoms with E-state index in [1.165, 1.54) is 11.8 Å². The number of carboxylic acid groups (broad SMARTS) is 1. The van der Waals surface area contributed by atoms with Crippen LogP contribution in [0.15, 0.2) is 54.3 Å². The van der Waals surface area contributed by atoms with Crippen LogP contribution >= 0.6 is 0 Å². The summed E-state index contributed by atoms with van der Waals surface area (Å²) in [5.41, 5.74) is 0.776. The second kappa shape index (κ2) is 18.0. The maximum atomic E-state index is 14.4. The van der Waals surface area contributed by atoms with Crippen molar-refractivity contribution < 1.29 is 38.7 Å². The van der Waals surface area contributed by atoms with Crippen LogP contribution in [0, 0.1) is 11.3 Å². The Morgan fingerprint density at radius 3 is 2.09 bits per heavy atom. The molecule has 4 N–H and O–H groups in total. The molecule has 2 aromatic rings. The third-order valence-electron chi connectivity index (χ3n) is 10.3. The summed E-state index contributed by atoms with van der Waals surface area (Å²) >= 11 is 0. The molecule has 3 rings (SSSR count). The number of rotatable bonds is 18. The Morgan fingerprint density at radius 1 is 0.945 bits per heavy atom. The molecule has 0 bridgehead atoms. The Labute approximate surface area is 323 Å². The van der Waals surface area contributed by atoms with Gasteiger partial charge in [-0.3, -0.25) is 38.5 Å². The zero-order chi connectivity index (χ0) is 41.6. The van der Waals surface area contributed by atoms with E-state index in [9.17, 15) is 38.7 Å². The number of para-hydroxylation sites is 1. The molecule has 14 heteroatoms. The van der Waals surface area contributed by atoms with Crippen LogP contribution in [0.4, 0.5) is 0 Å². The Bertz CT molecular complexity index is 1850. The molecule has 2 heterocycles. The maximum absolute atomic E-state index is 14.4. The van der Waals surface area contributed by atoms with Crippen molar-refractivity contribution in [3.05, 3.63) is 59.8 Å². The summed E-state index contributed by atoms with van der Waals surface area (Å²) in [5, 5.41) is 19.3. The Morgan fingerprint density at radius 2 is 1.55 bits per heavy atom. The average molecular weight is 763 g/mol. The number of hydrogen-bond acceptors (Lipinski definition) is 8. The molecule has 0 spiro atoms. The predicted molar refractivity (Wildman–Crippen MR) is 210 cm³/mol. The van der Waals surface area contributed by atoms with Crippen molar-refractivity contribution in [2.24, 2.45) is 18.4 Å². The van der Waals surface area contributed by atoms with Gasteiger partial charge in [0.25, 0.3) is 11.8 Å². The first-order valence-electron chi connectivity index (χ1n) is 18.6. The number of ketones is 1. The van der Waals surface area contributed by atoms with Crippen LogP contribution in [0.3, 0.4) is 0 Å². The lowest BCUT2D eigenvalue weighted by molar-refractivity contribution is -0.141. The summed E-state index contributed by atoms with van der Waals surface area (Å²) in [6.45, 7) is 14.8. The number of Topliss-reactive ketones (excluding diaryl/α,β-unsaturated/α-hetero) is 1. The molecule has 14 nitrogen and oxygen atoms in total. The van der Waals surface area contributed by atoms with E-state index in [0.29, 0.717) is 0 Å². The highest BCUT2D eigenvalue weighted by molar-refractivity contribution is 6.12. The quantitative estimate of drug-likeness (QED) is 0.131. The van der Waals surface area contributed by atoms with Gasteiger partial charge in [-0.15, -0.1) is 0 Å². The Balaban J connectivity index is 1.80. The number of nitrogens with zero attached hydrogens (tertiary/aromatic N) is 3. The largest absolute Gasteiger partial charge is 0.481 e. The number of likely N-dealkylation sites (N-methyl/N-ethyl adjacent to an activating group) is 2. The van der Waals surface area contributed by atoms with Crippen molar-refractivity contribution in [1.82, 2.24) is 30.3 Å². The van der Waals surface area contributed by atoms with Crippen LogP contribution in [-0.4, -0.2) is 106 Å². The van der Waals surface area contributed by atoms with Gasteiger partial charge in [0.2, 0.25) is 17.7 Å². The zero-order valence-electron chi connectivity index (χ0n) is 34.0. The molecule has 0 unspecified atom stereocenters. The van der Waals surface area contributed by atoms with Gasteiger partial charge in [-0.2, -0.15) is 0 Å². The minimum Gasteiger partial charge on any atom is -0.481 e. The number of aliphatic carboxylic acids is 1. The second-order valence-electron chi connectivity index (χ2n) is 16.3. The fourth-order valence-electron chi connectivity index (χ4n) is 7.07. The lowest BCUT2D eigenvalue weighted by atomic mass is 9.76. The number of benzene rings is 1. The SMILES string of the molecule is CN[C@H](C(=O)N[C@H](C(=O)N(C)[C@H](/C=C(\C)C(=O)N[C@@H](CC(=O)O)C(=O)CCCN1C(=O)C=CC1=O)C(C)C)C(C)(C)C)C(C)(C)c1cn(C)c2ccccc12. The first-order valence-corrected chi connectivity index (χ1v) is 18.6. The predicted octanol–water partition coefficient (Wildman–Crippen LogP) is 3.24. The summed E-state index contributed by atoms with van der Waals surface area (Å²) in [5.74, 6) is -4.43. The number of aryl methyl sites for hydroxylation is 1. The molecule has 5 amide bonds. The molecular formula is C41H58N6O8. The van der Waals surface area contributed by atoms with E-state index in [0.717, 1.165) is 33.5 Å². The number of carbonyl (C=O) groups is 7. The van der Waals surface area contributed by atoms with Crippen LogP contribution in [0.1, 0.15) is 80.2 Å². The summed E-state index contributed by atoms with van der Waals surface area (Å²) in [6, 6.07) is 4.35. The average Bonchev–Trinajstić information content (AvgIpc) is 3.61. The van der Waals surface area contributed by atoms with E-state index in [1.807, 2.05) is 90.5 Å². The monoisotopic (exact) mass is 762 g/mol. The van der Waals surface area contributed by atoms with Gasteiger partial charge >= 0.3 is 5.97 Å². The number of nitrogens with one attached hydrogen (secondary N) is 3. The van der Waals surface area contributed by atoms with Gasteiger partial charge in [-0.05, 0) is 43.4 Å². The maximum Gasteiger partial charge on any atom is 0.305 e. The van der Waals surface area contributed by atoms with E-state index >= 15 is 0 Å². The van der Waals surface area contributed by atoms with Crippen molar-refractivity contribution in [3.63, 3.8) is 0 Å². The number of amides is 5. The van der Waals surface area contributed by atoms with Gasteiger partial charge in [-0.1, -0.05) is 72.7 Å². The summed E-state index contributed by atoms with van der Waals surface area (Å²) in [7, 11) is 5.29. The fourth-order valence-corrected chi connectivity index (χ4v) is 7.07. The van der Waals surface area contributed by atoms with Crippen LogP contribution in [0.5, 0.6) is 0 Å². The van der Waals surface area contributed by atoms with Crippen molar-refractivity contribution in [2.75, 3.05) is 20.6 Å². The lowest BCUT2D eigenvalue weighted by Gasteiger charge is -2.39. The van der Waals surface area contributed by atoms with Crippen LogP contribution in [-0.2, 0) is 46.0 Å². The molecule has 1 aromatic carbocycles. The molecule has 4 atom stereocenters. The molecule has 300 valence electrons. The van der Waals surface area contributed by atoms with Crippen molar-refractivity contribution >= 4 is 52.2 Å². The van der Waals surface area contributed by atoms with Crippen LogP contribution < -0.4 is 16.0 Å². The smallest absolute Gasteiger partial charge is 0.305 e. The fraction of sp³-hybridized carbons (Fsp3) is 0.537. The number of hydrogen-bond donors (Lipinski definition) is 4.